The lowest BCUT2D eigenvalue weighted by atomic mass is 10.2. The maximum Gasteiger partial charge on any atom is 0.127 e. The molecule has 0 saturated heterocycles. The highest BCUT2D eigenvalue weighted by Gasteiger charge is 2.01. The van der Waals surface area contributed by atoms with E-state index in [1.54, 1.807) is 6.07 Å². The van der Waals surface area contributed by atoms with Crippen LogP contribution in [0, 0.1) is 5.82 Å². The highest BCUT2D eigenvalue weighted by Crippen LogP contribution is 2.10. The zero-order valence-corrected chi connectivity index (χ0v) is 8.01. The lowest BCUT2D eigenvalue weighted by Crippen LogP contribution is -2.01. The van der Waals surface area contributed by atoms with Gasteiger partial charge in [-0.05, 0) is 11.4 Å². The summed E-state index contributed by atoms with van der Waals surface area (Å²) in [5.41, 5.74) is 0.715. The van der Waals surface area contributed by atoms with Gasteiger partial charge in [0.25, 0.3) is 0 Å². The Morgan fingerprint density at radius 1 is 1.50 bits per heavy atom. The molecule has 0 radical (unpaired) electrons. The van der Waals surface area contributed by atoms with E-state index in [1.165, 1.54) is 6.07 Å². The Kier molecular flexibility index (Phi) is 2.82. The van der Waals surface area contributed by atoms with Crippen LogP contribution in [0.25, 0.3) is 0 Å². The monoisotopic (exact) mass is 220 g/mol. The molecule has 10 heavy (non-hydrogen) atoms. The second kappa shape index (κ2) is 3.45. The fraction of sp³-hybridized carbons (Fsp3) is 0.143. The first-order chi connectivity index (χ1) is 4.75. The molecule has 1 aromatic carbocycles. The first-order valence-corrected chi connectivity index (χ1v) is 4.54. The third-order valence-electron chi connectivity index (χ3n) is 1.29. The fourth-order valence-corrected chi connectivity index (χ4v) is 1.96. The molecule has 0 saturated carbocycles. The van der Waals surface area contributed by atoms with E-state index in [1.807, 2.05) is 6.07 Å². The minimum absolute atomic E-state index is 0.149. The van der Waals surface area contributed by atoms with Gasteiger partial charge in [-0.25, -0.2) is 4.39 Å². The van der Waals surface area contributed by atoms with Crippen LogP contribution >= 0.6 is 25.2 Å². The predicted molar refractivity (Wildman–Crippen MR) is 48.4 cm³/mol. The lowest BCUT2D eigenvalue weighted by molar-refractivity contribution is 0.619. The number of hydrogen-bond donors (Lipinski definition) is 0. The summed E-state index contributed by atoms with van der Waals surface area (Å²) in [6.45, 7) is 0. The van der Waals surface area contributed by atoms with Crippen LogP contribution in [-0.2, 0) is 5.33 Å². The molecule has 1 aromatic rings. The first kappa shape index (κ1) is 8.16. The van der Waals surface area contributed by atoms with Gasteiger partial charge in [-0.15, -0.1) is 9.24 Å². The molecule has 0 aromatic heterocycles. The Bertz CT molecular complexity index is 217. The van der Waals surface area contributed by atoms with E-state index >= 15 is 0 Å². The molecule has 0 amide bonds. The van der Waals surface area contributed by atoms with Crippen LogP contribution in [0.3, 0.4) is 0 Å². The Morgan fingerprint density at radius 2 is 2.20 bits per heavy atom. The smallest absolute Gasteiger partial charge is 0.127 e. The van der Waals surface area contributed by atoms with Crippen LogP contribution in [-0.4, -0.2) is 0 Å². The molecule has 0 N–H and O–H groups in total. The van der Waals surface area contributed by atoms with Crippen molar-refractivity contribution in [1.82, 2.24) is 0 Å². The molecule has 0 aliphatic carbocycles. The number of rotatable bonds is 1. The summed E-state index contributed by atoms with van der Waals surface area (Å²) in [6, 6.07) is 5.03. The zero-order chi connectivity index (χ0) is 7.56. The van der Waals surface area contributed by atoms with Crippen molar-refractivity contribution in [2.75, 3.05) is 0 Å². The minimum atomic E-state index is -0.149. The predicted octanol–water partition coefficient (Wildman–Crippen LogP) is 2.22. The van der Waals surface area contributed by atoms with Gasteiger partial charge in [-0.3, -0.25) is 0 Å². The van der Waals surface area contributed by atoms with Gasteiger partial charge in [0.15, 0.2) is 0 Å². The Labute approximate surface area is 70.2 Å². The third kappa shape index (κ3) is 1.56. The Balaban J connectivity index is 3.17. The third-order valence-corrected chi connectivity index (χ3v) is 2.39. The summed E-state index contributed by atoms with van der Waals surface area (Å²) in [7, 11) is 2.50. The van der Waals surface area contributed by atoms with Gasteiger partial charge in [0, 0.05) is 10.9 Å². The second-order valence-electron chi connectivity index (χ2n) is 1.94. The SMILES string of the molecule is Fc1cccc(P)c1CBr. The van der Waals surface area contributed by atoms with Crippen LogP contribution in [0.15, 0.2) is 18.2 Å². The molecule has 0 aliphatic rings. The fourth-order valence-electron chi connectivity index (χ4n) is 0.716. The van der Waals surface area contributed by atoms with Gasteiger partial charge in [0.2, 0.25) is 0 Å². The number of benzene rings is 1. The van der Waals surface area contributed by atoms with Crippen LogP contribution < -0.4 is 5.30 Å². The normalized spacial score (nSPS) is 9.90. The van der Waals surface area contributed by atoms with Gasteiger partial charge in [-0.1, -0.05) is 28.1 Å². The zero-order valence-electron chi connectivity index (χ0n) is 5.27. The molecule has 0 fully saturated rings. The van der Waals surface area contributed by atoms with Crippen molar-refractivity contribution in [3.63, 3.8) is 0 Å². The van der Waals surface area contributed by atoms with Crippen molar-refractivity contribution in [3.05, 3.63) is 29.6 Å². The maximum absolute atomic E-state index is 12.8. The molecule has 0 nitrogen and oxygen atoms in total. The summed E-state index contributed by atoms with van der Waals surface area (Å²) in [5, 5.41) is 1.48. The van der Waals surface area contributed by atoms with E-state index in [2.05, 4.69) is 25.2 Å². The summed E-state index contributed by atoms with van der Waals surface area (Å²) in [4.78, 5) is 0. The molecular formula is C7H7BrFP. The molecule has 0 bridgehead atoms. The Morgan fingerprint density at radius 3 is 2.60 bits per heavy atom. The number of halogens is 2. The van der Waals surface area contributed by atoms with Crippen LogP contribution in [0.5, 0.6) is 0 Å². The molecule has 1 atom stereocenters. The molecular weight excluding hydrogens is 214 g/mol. The van der Waals surface area contributed by atoms with E-state index in [9.17, 15) is 4.39 Å². The maximum atomic E-state index is 12.8. The van der Waals surface area contributed by atoms with E-state index in [0.29, 0.717) is 10.9 Å². The highest BCUT2D eigenvalue weighted by atomic mass is 79.9. The highest BCUT2D eigenvalue weighted by molar-refractivity contribution is 9.08. The second-order valence-corrected chi connectivity index (χ2v) is 3.12. The van der Waals surface area contributed by atoms with Gasteiger partial charge >= 0.3 is 0 Å². The molecule has 0 aliphatic heterocycles. The van der Waals surface area contributed by atoms with Crippen molar-refractivity contribution in [2.24, 2.45) is 0 Å². The van der Waals surface area contributed by atoms with Crippen molar-refractivity contribution < 1.29 is 4.39 Å². The molecule has 0 heterocycles. The van der Waals surface area contributed by atoms with Crippen molar-refractivity contribution in [3.8, 4) is 0 Å². The summed E-state index contributed by atoms with van der Waals surface area (Å²) >= 11 is 3.21. The number of hydrogen-bond acceptors (Lipinski definition) is 0. The van der Waals surface area contributed by atoms with Crippen molar-refractivity contribution in [1.29, 1.82) is 0 Å². The van der Waals surface area contributed by atoms with Crippen LogP contribution in [0.1, 0.15) is 5.56 Å². The van der Waals surface area contributed by atoms with E-state index in [0.717, 1.165) is 5.30 Å². The summed E-state index contributed by atoms with van der Waals surface area (Å²) in [5.74, 6) is -0.149. The average Bonchev–Trinajstić information content (AvgIpc) is 1.88. The van der Waals surface area contributed by atoms with Gasteiger partial charge in [-0.2, -0.15) is 0 Å². The molecule has 1 rings (SSSR count). The Hall–Kier alpha value is 0.0600. The van der Waals surface area contributed by atoms with Crippen molar-refractivity contribution >= 4 is 30.5 Å². The topological polar surface area (TPSA) is 0 Å². The minimum Gasteiger partial charge on any atom is -0.207 e. The molecule has 0 spiro atoms. The standard InChI is InChI=1S/C7H7BrFP/c8-4-5-6(9)2-1-3-7(5)10/h1-3H,4,10H2. The molecule has 54 valence electrons. The quantitative estimate of drug-likeness (QED) is 0.503. The molecule has 1 unspecified atom stereocenters. The molecule has 3 heteroatoms. The van der Waals surface area contributed by atoms with Crippen LogP contribution in [0.4, 0.5) is 4.39 Å². The van der Waals surface area contributed by atoms with E-state index < -0.39 is 0 Å². The average molecular weight is 221 g/mol. The van der Waals surface area contributed by atoms with Gasteiger partial charge < -0.3 is 0 Å². The van der Waals surface area contributed by atoms with Gasteiger partial charge in [0.1, 0.15) is 5.82 Å². The largest absolute Gasteiger partial charge is 0.207 e. The van der Waals surface area contributed by atoms with Crippen molar-refractivity contribution in [2.45, 2.75) is 5.33 Å². The first-order valence-electron chi connectivity index (χ1n) is 2.84. The van der Waals surface area contributed by atoms with Gasteiger partial charge in [0.05, 0.1) is 0 Å². The summed E-state index contributed by atoms with van der Waals surface area (Å²) < 4.78 is 12.8. The van der Waals surface area contributed by atoms with E-state index in [4.69, 9.17) is 0 Å². The number of alkyl halides is 1. The van der Waals surface area contributed by atoms with E-state index in [-0.39, 0.29) is 5.82 Å². The van der Waals surface area contributed by atoms with Crippen LogP contribution in [0.2, 0.25) is 0 Å². The summed E-state index contributed by atoms with van der Waals surface area (Å²) in [6.07, 6.45) is 0. The lowest BCUT2D eigenvalue weighted by Gasteiger charge is -2.00.